The van der Waals surface area contributed by atoms with Gasteiger partial charge in [0.15, 0.2) is 5.82 Å². The molecule has 3 heterocycles. The van der Waals surface area contributed by atoms with Crippen LogP contribution < -0.4 is 16.0 Å². The standard InChI is InChI=1S/C28H41N7O4/c1-17-7-6-8-20(24(17)38)21-14-22(26(29)32-31-21)34-11-9-33(10-12-34)16-23(37)30-25(28(3,4)5)27(39)35-15-19(36)13-18(35)2/h6-8,14,18-19,25,36,38H,9-13,15-16H2,1-5H3,(H2,29,32)(H,30,37)/t18-,19-,25-/m1/s1. The minimum atomic E-state index is -0.682. The van der Waals surface area contributed by atoms with Crippen LogP contribution in [0.15, 0.2) is 24.3 Å². The summed E-state index contributed by atoms with van der Waals surface area (Å²) in [6, 6.07) is 6.58. The number of likely N-dealkylation sites (tertiary alicyclic amines) is 1. The van der Waals surface area contributed by atoms with Gasteiger partial charge in [-0.3, -0.25) is 14.5 Å². The zero-order chi connectivity index (χ0) is 28.5. The molecule has 0 aliphatic carbocycles. The first-order valence-electron chi connectivity index (χ1n) is 13.5. The first-order valence-corrected chi connectivity index (χ1v) is 13.5. The van der Waals surface area contributed by atoms with E-state index in [9.17, 15) is 19.8 Å². The highest BCUT2D eigenvalue weighted by Crippen LogP contribution is 2.33. The average molecular weight is 540 g/mol. The Morgan fingerprint density at radius 2 is 1.87 bits per heavy atom. The molecule has 0 radical (unpaired) electrons. The number of nitrogens with zero attached hydrogens (tertiary/aromatic N) is 5. The van der Waals surface area contributed by atoms with Gasteiger partial charge >= 0.3 is 0 Å². The lowest BCUT2D eigenvalue weighted by atomic mass is 9.85. The Morgan fingerprint density at radius 3 is 2.49 bits per heavy atom. The molecule has 11 nitrogen and oxygen atoms in total. The van der Waals surface area contributed by atoms with Gasteiger partial charge in [-0.05, 0) is 43.4 Å². The lowest BCUT2D eigenvalue weighted by molar-refractivity contribution is -0.140. The summed E-state index contributed by atoms with van der Waals surface area (Å²) in [6.45, 7) is 12.6. The minimum Gasteiger partial charge on any atom is -0.507 e. The number of hydrogen-bond donors (Lipinski definition) is 4. The lowest BCUT2D eigenvalue weighted by Gasteiger charge is -2.37. The van der Waals surface area contributed by atoms with E-state index in [-0.39, 0.29) is 30.2 Å². The van der Waals surface area contributed by atoms with Gasteiger partial charge in [0.05, 0.1) is 24.0 Å². The Labute approximate surface area is 230 Å². The van der Waals surface area contributed by atoms with Gasteiger partial charge in [0.1, 0.15) is 11.8 Å². The largest absolute Gasteiger partial charge is 0.507 e. The predicted octanol–water partition coefficient (Wildman–Crippen LogP) is 1.37. The quantitative estimate of drug-likeness (QED) is 0.427. The van der Waals surface area contributed by atoms with Gasteiger partial charge in [-0.15, -0.1) is 10.2 Å². The fourth-order valence-corrected chi connectivity index (χ4v) is 5.32. The second-order valence-corrected chi connectivity index (χ2v) is 11.8. The third-order valence-corrected chi connectivity index (χ3v) is 7.65. The van der Waals surface area contributed by atoms with E-state index in [1.807, 2.05) is 52.8 Å². The number of rotatable bonds is 6. The fourth-order valence-electron chi connectivity index (χ4n) is 5.32. The Morgan fingerprint density at radius 1 is 1.18 bits per heavy atom. The number of aliphatic hydroxyl groups is 1. The number of aliphatic hydroxyl groups excluding tert-OH is 1. The summed E-state index contributed by atoms with van der Waals surface area (Å²) in [4.78, 5) is 32.2. The smallest absolute Gasteiger partial charge is 0.246 e. The number of phenolic OH excluding ortho intramolecular Hbond substituents is 1. The molecule has 2 fully saturated rings. The Balaban J connectivity index is 1.37. The van der Waals surface area contributed by atoms with Crippen LogP contribution in [0.2, 0.25) is 0 Å². The van der Waals surface area contributed by atoms with Crippen molar-refractivity contribution in [1.29, 1.82) is 0 Å². The highest BCUT2D eigenvalue weighted by molar-refractivity contribution is 5.89. The normalized spacial score (nSPS) is 21.2. The van der Waals surface area contributed by atoms with Crippen molar-refractivity contribution in [3.05, 3.63) is 29.8 Å². The van der Waals surface area contributed by atoms with Crippen molar-refractivity contribution >= 4 is 23.3 Å². The van der Waals surface area contributed by atoms with Crippen molar-refractivity contribution in [3.8, 4) is 17.0 Å². The van der Waals surface area contributed by atoms with Gasteiger partial charge in [-0.25, -0.2) is 0 Å². The number of phenols is 1. The predicted molar refractivity (Wildman–Crippen MR) is 150 cm³/mol. The molecule has 2 aromatic rings. The number of carbonyl (C=O) groups excluding carboxylic acids is 2. The summed E-state index contributed by atoms with van der Waals surface area (Å²) < 4.78 is 0. The molecule has 1 aromatic heterocycles. The molecule has 0 bridgehead atoms. The maximum absolute atomic E-state index is 13.3. The zero-order valence-electron chi connectivity index (χ0n) is 23.5. The number of β-amino-alcohol motifs (C(OH)–C–C–N with tert-alkyl or cyclic N) is 1. The molecule has 0 spiro atoms. The van der Waals surface area contributed by atoms with E-state index in [2.05, 4.69) is 25.3 Å². The summed E-state index contributed by atoms with van der Waals surface area (Å²) in [5.74, 6) is 0.123. The molecule has 4 rings (SSSR count). The van der Waals surface area contributed by atoms with E-state index >= 15 is 0 Å². The number of aromatic nitrogens is 2. The van der Waals surface area contributed by atoms with Gasteiger partial charge < -0.3 is 31.1 Å². The van der Waals surface area contributed by atoms with E-state index in [0.717, 1.165) is 11.3 Å². The van der Waals surface area contributed by atoms with Crippen molar-refractivity contribution in [2.24, 2.45) is 5.41 Å². The molecular weight excluding hydrogens is 498 g/mol. The maximum atomic E-state index is 13.3. The van der Waals surface area contributed by atoms with Gasteiger partial charge in [0.2, 0.25) is 11.8 Å². The summed E-state index contributed by atoms with van der Waals surface area (Å²) >= 11 is 0. The van der Waals surface area contributed by atoms with Crippen LogP contribution in [0.3, 0.4) is 0 Å². The van der Waals surface area contributed by atoms with Crippen LogP contribution in [0.4, 0.5) is 11.5 Å². The van der Waals surface area contributed by atoms with Crippen LogP contribution in [0.1, 0.15) is 39.7 Å². The molecule has 11 heteroatoms. The van der Waals surface area contributed by atoms with Crippen molar-refractivity contribution in [3.63, 3.8) is 0 Å². The molecule has 0 saturated carbocycles. The van der Waals surface area contributed by atoms with Crippen LogP contribution in [0.25, 0.3) is 11.3 Å². The number of piperazine rings is 1. The minimum absolute atomic E-state index is 0.0622. The third kappa shape index (κ3) is 6.42. The number of nitrogens with one attached hydrogen (secondary N) is 1. The van der Waals surface area contributed by atoms with Crippen molar-refractivity contribution in [2.75, 3.05) is 49.9 Å². The number of anilines is 2. The Bertz CT molecular complexity index is 1210. The number of nitrogen functional groups attached to an aromatic ring is 1. The molecule has 2 aliphatic heterocycles. The molecular formula is C28H41N7O4. The molecule has 1 aromatic carbocycles. The summed E-state index contributed by atoms with van der Waals surface area (Å²) in [5.41, 5.74) is 8.32. The summed E-state index contributed by atoms with van der Waals surface area (Å²) in [5, 5.41) is 31.8. The van der Waals surface area contributed by atoms with E-state index in [1.54, 1.807) is 11.0 Å². The van der Waals surface area contributed by atoms with Crippen LogP contribution in [-0.4, -0.2) is 99.5 Å². The topological polar surface area (TPSA) is 148 Å². The first kappa shape index (κ1) is 28.6. The number of aryl methyl sites for hydroxylation is 1. The fraction of sp³-hybridized carbons (Fsp3) is 0.571. The number of aromatic hydroxyl groups is 1. The first-order chi connectivity index (χ1) is 18.3. The van der Waals surface area contributed by atoms with Gasteiger partial charge in [-0.1, -0.05) is 32.9 Å². The average Bonchev–Trinajstić information content (AvgIpc) is 3.22. The number of nitrogens with two attached hydrogens (primary N) is 1. The van der Waals surface area contributed by atoms with Crippen molar-refractivity contribution in [1.82, 2.24) is 25.3 Å². The van der Waals surface area contributed by atoms with Gasteiger partial charge in [0, 0.05) is 44.3 Å². The number of carbonyl (C=O) groups is 2. The molecule has 5 N–H and O–H groups in total. The maximum Gasteiger partial charge on any atom is 0.246 e. The van der Waals surface area contributed by atoms with E-state index < -0.39 is 17.6 Å². The van der Waals surface area contributed by atoms with E-state index in [1.165, 1.54) is 0 Å². The lowest BCUT2D eigenvalue weighted by Crippen LogP contribution is -2.57. The SMILES string of the molecule is Cc1cccc(-c2cc(N3CCN(CC(=O)N[C@H](C(=O)N4C[C@H](O)C[C@H]4C)C(C)(C)C)CC3)c(N)nn2)c1O. The Hall–Kier alpha value is -3.44. The molecule has 212 valence electrons. The third-order valence-electron chi connectivity index (χ3n) is 7.65. The molecule has 2 saturated heterocycles. The highest BCUT2D eigenvalue weighted by atomic mass is 16.3. The number of hydrogen-bond acceptors (Lipinski definition) is 9. The molecule has 0 unspecified atom stereocenters. The number of para-hydroxylation sites is 1. The van der Waals surface area contributed by atoms with Crippen LogP contribution in [0, 0.1) is 12.3 Å². The highest BCUT2D eigenvalue weighted by Gasteiger charge is 2.40. The number of benzene rings is 1. The molecule has 2 aliphatic rings. The second-order valence-electron chi connectivity index (χ2n) is 11.8. The molecule has 39 heavy (non-hydrogen) atoms. The van der Waals surface area contributed by atoms with Crippen molar-refractivity contribution in [2.45, 2.75) is 59.2 Å². The van der Waals surface area contributed by atoms with Crippen LogP contribution in [-0.2, 0) is 9.59 Å². The summed E-state index contributed by atoms with van der Waals surface area (Å²) in [7, 11) is 0. The van der Waals surface area contributed by atoms with E-state index in [0.29, 0.717) is 56.2 Å². The van der Waals surface area contributed by atoms with Crippen molar-refractivity contribution < 1.29 is 19.8 Å². The molecule has 3 atom stereocenters. The second kappa shape index (κ2) is 11.4. The molecule has 2 amide bonds. The van der Waals surface area contributed by atoms with Gasteiger partial charge in [-0.2, -0.15) is 0 Å². The summed E-state index contributed by atoms with van der Waals surface area (Å²) in [6.07, 6.45) is 0.0196. The zero-order valence-corrected chi connectivity index (χ0v) is 23.5. The van der Waals surface area contributed by atoms with Gasteiger partial charge in [0.25, 0.3) is 0 Å². The Kier molecular flexibility index (Phi) is 8.31. The number of amides is 2. The van der Waals surface area contributed by atoms with Crippen LogP contribution >= 0.6 is 0 Å². The monoisotopic (exact) mass is 539 g/mol. The van der Waals surface area contributed by atoms with E-state index in [4.69, 9.17) is 5.73 Å². The van der Waals surface area contributed by atoms with Crippen LogP contribution in [0.5, 0.6) is 5.75 Å².